The zero-order valence-electron chi connectivity index (χ0n) is 12.5. The number of aliphatic hydroxyl groups excluding tert-OH is 1. The van der Waals surface area contributed by atoms with E-state index < -0.39 is 10.0 Å². The van der Waals surface area contributed by atoms with Crippen LogP contribution in [0.3, 0.4) is 0 Å². The highest BCUT2D eigenvalue weighted by Crippen LogP contribution is 2.29. The summed E-state index contributed by atoms with van der Waals surface area (Å²) < 4.78 is 32.9. The van der Waals surface area contributed by atoms with Crippen LogP contribution < -0.4 is 4.31 Å². The standard InChI is InChI=1S/C15H17BrN2O4S/c1-2-22-11-18(14-9-13(16)7-6-12(14)10-19)23(20,21)15-5-3-4-8-17-15/h3-9,19H,2,10-11H2,1H3. The number of rotatable bonds is 7. The summed E-state index contributed by atoms with van der Waals surface area (Å²) in [4.78, 5) is 3.92. The molecule has 1 aromatic heterocycles. The fourth-order valence-corrected chi connectivity index (χ4v) is 3.62. The number of pyridine rings is 1. The molecule has 0 radical (unpaired) electrons. The quantitative estimate of drug-likeness (QED) is 0.722. The summed E-state index contributed by atoms with van der Waals surface area (Å²) in [7, 11) is -3.91. The molecule has 23 heavy (non-hydrogen) atoms. The average Bonchev–Trinajstić information content (AvgIpc) is 2.56. The Morgan fingerprint density at radius 1 is 1.30 bits per heavy atom. The van der Waals surface area contributed by atoms with Gasteiger partial charge in [-0.15, -0.1) is 0 Å². The Kier molecular flexibility index (Phi) is 6.11. The third kappa shape index (κ3) is 4.08. The molecule has 2 aromatic rings. The number of anilines is 1. The van der Waals surface area contributed by atoms with Crippen LogP contribution >= 0.6 is 15.9 Å². The van der Waals surface area contributed by atoms with E-state index in [0.29, 0.717) is 22.3 Å². The van der Waals surface area contributed by atoms with Gasteiger partial charge < -0.3 is 9.84 Å². The molecule has 0 atom stereocenters. The SMILES string of the molecule is CCOCN(c1cc(Br)ccc1CO)S(=O)(=O)c1ccccn1. The highest BCUT2D eigenvalue weighted by Gasteiger charge is 2.28. The molecule has 6 nitrogen and oxygen atoms in total. The van der Waals surface area contributed by atoms with Crippen molar-refractivity contribution in [3.05, 3.63) is 52.6 Å². The van der Waals surface area contributed by atoms with Crippen LogP contribution in [-0.2, 0) is 21.4 Å². The zero-order chi connectivity index (χ0) is 16.9. The van der Waals surface area contributed by atoms with Gasteiger partial charge in [-0.25, -0.2) is 9.29 Å². The van der Waals surface area contributed by atoms with E-state index in [0.717, 1.165) is 4.31 Å². The second-order valence-electron chi connectivity index (χ2n) is 4.57. The number of benzene rings is 1. The summed E-state index contributed by atoms with van der Waals surface area (Å²) in [6.07, 6.45) is 1.42. The van der Waals surface area contributed by atoms with Crippen molar-refractivity contribution < 1.29 is 18.3 Å². The first-order valence-electron chi connectivity index (χ1n) is 6.91. The molecular formula is C15H17BrN2O4S. The predicted octanol–water partition coefficient (Wildman–Crippen LogP) is 2.53. The van der Waals surface area contributed by atoms with Crippen LogP contribution in [0.15, 0.2) is 52.1 Å². The average molecular weight is 401 g/mol. The van der Waals surface area contributed by atoms with Crippen LogP contribution in [0.5, 0.6) is 0 Å². The number of hydrogen-bond acceptors (Lipinski definition) is 5. The van der Waals surface area contributed by atoms with E-state index in [4.69, 9.17) is 4.74 Å². The fourth-order valence-electron chi connectivity index (χ4n) is 1.96. The van der Waals surface area contributed by atoms with Crippen molar-refractivity contribution in [2.45, 2.75) is 18.6 Å². The number of halogens is 1. The number of sulfonamides is 1. The van der Waals surface area contributed by atoms with E-state index in [2.05, 4.69) is 20.9 Å². The van der Waals surface area contributed by atoms with Gasteiger partial charge in [0.15, 0.2) is 5.03 Å². The lowest BCUT2D eigenvalue weighted by atomic mass is 10.2. The lowest BCUT2D eigenvalue weighted by Gasteiger charge is -2.25. The van der Waals surface area contributed by atoms with Gasteiger partial charge in [0, 0.05) is 22.8 Å². The van der Waals surface area contributed by atoms with E-state index in [9.17, 15) is 13.5 Å². The minimum atomic E-state index is -3.91. The molecule has 0 saturated carbocycles. The topological polar surface area (TPSA) is 79.7 Å². The van der Waals surface area contributed by atoms with Crippen molar-refractivity contribution in [2.75, 3.05) is 17.6 Å². The largest absolute Gasteiger partial charge is 0.392 e. The second kappa shape index (κ2) is 7.87. The molecule has 1 aromatic carbocycles. The van der Waals surface area contributed by atoms with Crippen molar-refractivity contribution in [1.82, 2.24) is 4.98 Å². The molecule has 0 aliphatic rings. The van der Waals surface area contributed by atoms with Crippen molar-refractivity contribution >= 4 is 31.6 Å². The molecule has 124 valence electrons. The summed E-state index contributed by atoms with van der Waals surface area (Å²) in [6, 6.07) is 9.69. The lowest BCUT2D eigenvalue weighted by molar-refractivity contribution is 0.157. The monoisotopic (exact) mass is 400 g/mol. The highest BCUT2D eigenvalue weighted by atomic mass is 79.9. The first-order chi connectivity index (χ1) is 11.0. The molecule has 0 fully saturated rings. The van der Waals surface area contributed by atoms with Crippen LogP contribution in [0.2, 0.25) is 0 Å². The minimum absolute atomic E-state index is 0.0800. The molecule has 1 N–H and O–H groups in total. The number of ether oxygens (including phenoxy) is 1. The van der Waals surface area contributed by atoms with E-state index >= 15 is 0 Å². The Bertz CT molecular complexity index is 753. The smallest absolute Gasteiger partial charge is 0.283 e. The molecule has 2 rings (SSSR count). The first kappa shape index (κ1) is 17.9. The summed E-state index contributed by atoms with van der Waals surface area (Å²) in [5.41, 5.74) is 0.827. The van der Waals surface area contributed by atoms with Crippen molar-refractivity contribution in [1.29, 1.82) is 0 Å². The van der Waals surface area contributed by atoms with Crippen molar-refractivity contribution in [3.63, 3.8) is 0 Å². The van der Waals surface area contributed by atoms with Crippen LogP contribution in [0.1, 0.15) is 12.5 Å². The third-order valence-corrected chi connectivity index (χ3v) is 5.24. The first-order valence-corrected chi connectivity index (χ1v) is 9.14. The van der Waals surface area contributed by atoms with Crippen molar-refractivity contribution in [3.8, 4) is 0 Å². The predicted molar refractivity (Wildman–Crippen MR) is 90.5 cm³/mol. The van der Waals surface area contributed by atoms with Gasteiger partial charge in [-0.1, -0.05) is 28.1 Å². The number of aromatic nitrogens is 1. The number of nitrogens with zero attached hydrogens (tertiary/aromatic N) is 2. The summed E-state index contributed by atoms with van der Waals surface area (Å²) in [5, 5.41) is 9.45. The molecular weight excluding hydrogens is 384 g/mol. The van der Waals surface area contributed by atoms with E-state index in [1.807, 2.05) is 0 Å². The van der Waals surface area contributed by atoms with Crippen LogP contribution in [0, 0.1) is 0 Å². The summed E-state index contributed by atoms with van der Waals surface area (Å²) in [6.45, 7) is 1.68. The zero-order valence-corrected chi connectivity index (χ0v) is 14.9. The Balaban J connectivity index is 2.56. The molecule has 0 aliphatic carbocycles. The molecule has 8 heteroatoms. The van der Waals surface area contributed by atoms with Crippen molar-refractivity contribution in [2.24, 2.45) is 0 Å². The molecule has 0 aliphatic heterocycles. The maximum atomic E-state index is 12.9. The van der Waals surface area contributed by atoms with Gasteiger partial charge in [-0.2, -0.15) is 8.42 Å². The Hall–Kier alpha value is -1.48. The maximum absolute atomic E-state index is 12.9. The Labute approximate surface area is 143 Å². The number of hydrogen-bond donors (Lipinski definition) is 1. The molecule has 0 saturated heterocycles. The highest BCUT2D eigenvalue weighted by molar-refractivity contribution is 9.10. The van der Waals surface area contributed by atoms with Gasteiger partial charge in [0.05, 0.1) is 12.3 Å². The van der Waals surface area contributed by atoms with E-state index in [1.165, 1.54) is 12.3 Å². The Morgan fingerprint density at radius 2 is 2.09 bits per heavy atom. The van der Waals surface area contributed by atoms with Gasteiger partial charge in [0.2, 0.25) is 0 Å². The van der Waals surface area contributed by atoms with Gasteiger partial charge in [0.1, 0.15) is 6.73 Å². The van der Waals surface area contributed by atoms with E-state index in [-0.39, 0.29) is 18.4 Å². The van der Waals surface area contributed by atoms with E-state index in [1.54, 1.807) is 37.3 Å². The normalized spacial score (nSPS) is 11.4. The van der Waals surface area contributed by atoms with Gasteiger partial charge in [-0.3, -0.25) is 0 Å². The summed E-state index contributed by atoms with van der Waals surface area (Å²) in [5.74, 6) is 0. The molecule has 0 bridgehead atoms. The van der Waals surface area contributed by atoms with Gasteiger partial charge in [0.25, 0.3) is 10.0 Å². The summed E-state index contributed by atoms with van der Waals surface area (Å²) >= 11 is 3.33. The van der Waals surface area contributed by atoms with Gasteiger partial charge >= 0.3 is 0 Å². The minimum Gasteiger partial charge on any atom is -0.392 e. The molecule has 0 amide bonds. The third-order valence-electron chi connectivity index (χ3n) is 3.09. The van der Waals surface area contributed by atoms with Crippen LogP contribution in [-0.4, -0.2) is 31.8 Å². The molecule has 1 heterocycles. The molecule has 0 unspecified atom stereocenters. The fraction of sp³-hybridized carbons (Fsp3) is 0.267. The lowest BCUT2D eigenvalue weighted by Crippen LogP contribution is -2.34. The van der Waals surface area contributed by atoms with Gasteiger partial charge in [-0.05, 0) is 31.2 Å². The maximum Gasteiger partial charge on any atom is 0.283 e. The Morgan fingerprint density at radius 3 is 2.70 bits per heavy atom. The number of aliphatic hydroxyl groups is 1. The molecule has 0 spiro atoms. The van der Waals surface area contributed by atoms with Crippen LogP contribution in [0.25, 0.3) is 0 Å². The second-order valence-corrected chi connectivity index (χ2v) is 7.30. The van der Waals surface area contributed by atoms with Crippen LogP contribution in [0.4, 0.5) is 5.69 Å².